The third-order valence-electron chi connectivity index (χ3n) is 6.18. The summed E-state index contributed by atoms with van der Waals surface area (Å²) in [4.78, 5) is 34.0. The highest BCUT2D eigenvalue weighted by Crippen LogP contribution is 2.41. The molecule has 1 aromatic carbocycles. The molecule has 1 fully saturated rings. The summed E-state index contributed by atoms with van der Waals surface area (Å²) in [5.74, 6) is -1.91. The molecule has 1 aromatic heterocycles. The number of pyridine rings is 1. The molecule has 2 heterocycles. The number of hydrogen-bond acceptors (Lipinski definition) is 6. The van der Waals surface area contributed by atoms with Gasteiger partial charge in [0.1, 0.15) is 11.5 Å². The summed E-state index contributed by atoms with van der Waals surface area (Å²) in [6.07, 6.45) is 3.91. The zero-order valence-electron chi connectivity index (χ0n) is 19.1. The Morgan fingerprint density at radius 2 is 1.84 bits per heavy atom. The normalized spacial score (nSPS) is 18.0. The van der Waals surface area contributed by atoms with Gasteiger partial charge in [0.05, 0.1) is 17.2 Å². The molecule has 0 bridgehead atoms. The van der Waals surface area contributed by atoms with E-state index in [9.17, 15) is 19.8 Å². The fourth-order valence-corrected chi connectivity index (χ4v) is 4.14. The number of aryl methyl sites for hydroxylation is 2. The Morgan fingerprint density at radius 1 is 1.16 bits per heavy atom. The molecule has 7 nitrogen and oxygen atoms in total. The molecule has 32 heavy (non-hydrogen) atoms. The maximum Gasteiger partial charge on any atom is 0.295 e. The highest BCUT2D eigenvalue weighted by Gasteiger charge is 2.46. The Labute approximate surface area is 189 Å². The summed E-state index contributed by atoms with van der Waals surface area (Å²) in [5.41, 5.74) is 2.47. The minimum absolute atomic E-state index is 0.0237. The SMILES string of the molecule is CCN(CC)CCCN1C(=O)C(=O)C(=C(O)c2cc(C)c(C)cc2O)[C@@H]1c1cccnc1. The Bertz CT molecular complexity index is 1030. The van der Waals surface area contributed by atoms with Gasteiger partial charge in [-0.15, -0.1) is 0 Å². The largest absolute Gasteiger partial charge is 0.507 e. The van der Waals surface area contributed by atoms with Gasteiger partial charge in [0.2, 0.25) is 0 Å². The number of carbonyl (C=O) groups excluding carboxylic acids is 2. The van der Waals surface area contributed by atoms with Crippen molar-refractivity contribution in [3.05, 3.63) is 64.5 Å². The number of nitrogens with zero attached hydrogens (tertiary/aromatic N) is 3. The van der Waals surface area contributed by atoms with Gasteiger partial charge in [-0.3, -0.25) is 14.6 Å². The number of carbonyl (C=O) groups is 2. The lowest BCUT2D eigenvalue weighted by Crippen LogP contribution is -2.33. The molecular formula is C25H31N3O4. The number of likely N-dealkylation sites (tertiary alicyclic amines) is 1. The number of phenols is 1. The molecule has 2 aromatic rings. The first-order chi connectivity index (χ1) is 15.3. The number of benzene rings is 1. The number of rotatable bonds is 8. The van der Waals surface area contributed by atoms with Crippen molar-refractivity contribution in [2.75, 3.05) is 26.2 Å². The topological polar surface area (TPSA) is 94.0 Å². The maximum absolute atomic E-state index is 13.1. The number of aromatic hydroxyl groups is 1. The van der Waals surface area contributed by atoms with Crippen LogP contribution in [0.2, 0.25) is 0 Å². The van der Waals surface area contributed by atoms with E-state index in [0.717, 1.165) is 30.8 Å². The standard InChI is InChI=1S/C25H31N3O4/c1-5-27(6-2)11-8-12-28-22(18-9-7-10-26-15-18)21(24(31)25(28)32)23(30)19-13-16(3)17(4)14-20(19)29/h7,9-10,13-15,22,29-30H,5-6,8,11-12H2,1-4H3/t22-/m0/s1. The summed E-state index contributed by atoms with van der Waals surface area (Å²) in [6.45, 7) is 10.9. The molecule has 0 saturated carbocycles. The fourth-order valence-electron chi connectivity index (χ4n) is 4.14. The summed E-state index contributed by atoms with van der Waals surface area (Å²) >= 11 is 0. The number of hydrogen-bond donors (Lipinski definition) is 2. The third kappa shape index (κ3) is 4.53. The molecular weight excluding hydrogens is 406 g/mol. The molecule has 1 atom stereocenters. The lowest BCUT2D eigenvalue weighted by Gasteiger charge is -2.26. The molecule has 1 saturated heterocycles. The second-order valence-electron chi connectivity index (χ2n) is 8.11. The summed E-state index contributed by atoms with van der Waals surface area (Å²) < 4.78 is 0. The van der Waals surface area contributed by atoms with Crippen molar-refractivity contribution in [3.8, 4) is 5.75 Å². The van der Waals surface area contributed by atoms with E-state index in [1.807, 2.05) is 13.8 Å². The molecule has 1 aliphatic rings. The number of aliphatic hydroxyl groups is 1. The highest BCUT2D eigenvalue weighted by atomic mass is 16.3. The second kappa shape index (κ2) is 9.96. The van der Waals surface area contributed by atoms with Gasteiger partial charge in [0.25, 0.3) is 11.7 Å². The van der Waals surface area contributed by atoms with Crippen molar-refractivity contribution in [2.24, 2.45) is 0 Å². The van der Waals surface area contributed by atoms with Crippen LogP contribution in [0.5, 0.6) is 5.75 Å². The average Bonchev–Trinajstić information content (AvgIpc) is 3.04. The second-order valence-corrected chi connectivity index (χ2v) is 8.11. The van der Waals surface area contributed by atoms with Crippen LogP contribution in [0.3, 0.4) is 0 Å². The van der Waals surface area contributed by atoms with Gasteiger partial charge in [-0.1, -0.05) is 19.9 Å². The van der Waals surface area contributed by atoms with Gasteiger partial charge in [0, 0.05) is 18.9 Å². The number of Topliss-reactive ketones (excluding diaryl/α,β-unsaturated/α-hetero) is 1. The molecule has 2 N–H and O–H groups in total. The Kier molecular flexibility index (Phi) is 7.30. The van der Waals surface area contributed by atoms with E-state index in [-0.39, 0.29) is 22.6 Å². The minimum Gasteiger partial charge on any atom is -0.507 e. The first-order valence-corrected chi connectivity index (χ1v) is 11.0. The predicted octanol–water partition coefficient (Wildman–Crippen LogP) is 3.56. The molecule has 0 spiro atoms. The zero-order valence-corrected chi connectivity index (χ0v) is 19.1. The van der Waals surface area contributed by atoms with Gasteiger partial charge in [-0.2, -0.15) is 0 Å². The maximum atomic E-state index is 13.1. The van der Waals surface area contributed by atoms with Crippen LogP contribution in [0.15, 0.2) is 42.2 Å². The third-order valence-corrected chi connectivity index (χ3v) is 6.18. The summed E-state index contributed by atoms with van der Waals surface area (Å²) in [6, 6.07) is 5.94. The smallest absolute Gasteiger partial charge is 0.295 e. The van der Waals surface area contributed by atoms with E-state index in [1.165, 1.54) is 4.90 Å². The van der Waals surface area contributed by atoms with Crippen LogP contribution in [0.25, 0.3) is 5.76 Å². The van der Waals surface area contributed by atoms with Crippen molar-refractivity contribution in [2.45, 2.75) is 40.2 Å². The molecule has 0 radical (unpaired) electrons. The monoisotopic (exact) mass is 437 g/mol. The lowest BCUT2D eigenvalue weighted by atomic mass is 9.94. The van der Waals surface area contributed by atoms with Crippen molar-refractivity contribution < 1.29 is 19.8 Å². The first-order valence-electron chi connectivity index (χ1n) is 11.0. The lowest BCUT2D eigenvalue weighted by molar-refractivity contribution is -0.140. The van der Waals surface area contributed by atoms with Gasteiger partial charge >= 0.3 is 0 Å². The minimum atomic E-state index is -0.763. The van der Waals surface area contributed by atoms with Crippen molar-refractivity contribution in [1.29, 1.82) is 0 Å². The molecule has 3 rings (SSSR count). The van der Waals surface area contributed by atoms with Gasteiger partial charge in [0.15, 0.2) is 0 Å². The van der Waals surface area contributed by atoms with Crippen LogP contribution in [0, 0.1) is 13.8 Å². The number of aromatic nitrogens is 1. The van der Waals surface area contributed by atoms with Crippen LogP contribution < -0.4 is 0 Å². The number of ketones is 1. The van der Waals surface area contributed by atoms with Gasteiger partial charge < -0.3 is 20.0 Å². The fraction of sp³-hybridized carbons (Fsp3) is 0.400. The highest BCUT2D eigenvalue weighted by molar-refractivity contribution is 6.46. The molecule has 0 unspecified atom stereocenters. The van der Waals surface area contributed by atoms with Crippen LogP contribution in [-0.4, -0.2) is 62.9 Å². The van der Waals surface area contributed by atoms with Crippen LogP contribution in [-0.2, 0) is 9.59 Å². The molecule has 170 valence electrons. The summed E-state index contributed by atoms with van der Waals surface area (Å²) in [7, 11) is 0. The van der Waals surface area contributed by atoms with E-state index < -0.39 is 17.7 Å². The Balaban J connectivity index is 2.06. The van der Waals surface area contributed by atoms with Crippen LogP contribution >= 0.6 is 0 Å². The van der Waals surface area contributed by atoms with Gasteiger partial charge in [-0.25, -0.2) is 0 Å². The number of amides is 1. The summed E-state index contributed by atoms with van der Waals surface area (Å²) in [5, 5.41) is 21.6. The zero-order chi connectivity index (χ0) is 23.4. The number of phenolic OH excluding ortho intramolecular Hbond substituents is 1. The van der Waals surface area contributed by atoms with Crippen molar-refractivity contribution in [3.63, 3.8) is 0 Å². The van der Waals surface area contributed by atoms with E-state index >= 15 is 0 Å². The van der Waals surface area contributed by atoms with E-state index in [4.69, 9.17) is 0 Å². The van der Waals surface area contributed by atoms with Crippen molar-refractivity contribution in [1.82, 2.24) is 14.8 Å². The Hall–Kier alpha value is -3.19. The molecule has 1 amide bonds. The van der Waals surface area contributed by atoms with Crippen molar-refractivity contribution >= 4 is 17.4 Å². The molecule has 0 aliphatic carbocycles. The molecule has 7 heteroatoms. The van der Waals surface area contributed by atoms with Crippen LogP contribution in [0.1, 0.15) is 48.6 Å². The van der Waals surface area contributed by atoms with E-state index in [0.29, 0.717) is 18.5 Å². The van der Waals surface area contributed by atoms with E-state index in [2.05, 4.69) is 23.7 Å². The van der Waals surface area contributed by atoms with Gasteiger partial charge in [-0.05, 0) is 74.8 Å². The van der Waals surface area contributed by atoms with Crippen LogP contribution in [0.4, 0.5) is 0 Å². The molecule has 1 aliphatic heterocycles. The number of aliphatic hydroxyl groups excluding tert-OH is 1. The Morgan fingerprint density at radius 3 is 2.47 bits per heavy atom. The first kappa shape index (κ1) is 23.5. The average molecular weight is 438 g/mol. The van der Waals surface area contributed by atoms with E-state index in [1.54, 1.807) is 36.7 Å². The predicted molar refractivity (Wildman–Crippen MR) is 123 cm³/mol. The quantitative estimate of drug-likeness (QED) is 0.373.